The molecular formula is C22H22N4O3. The first-order valence-electron chi connectivity index (χ1n) is 9.37. The number of para-hydroxylation sites is 2. The molecule has 0 saturated carbocycles. The summed E-state index contributed by atoms with van der Waals surface area (Å²) in [6.45, 7) is 4.70. The van der Waals surface area contributed by atoms with Gasteiger partial charge in [0.15, 0.2) is 11.5 Å². The van der Waals surface area contributed by atoms with Crippen LogP contribution in [0.4, 0.5) is 17.2 Å². The molecule has 1 N–H and O–H groups in total. The third kappa shape index (κ3) is 4.76. The van der Waals surface area contributed by atoms with Crippen molar-refractivity contribution >= 4 is 29.1 Å². The van der Waals surface area contributed by atoms with Crippen molar-refractivity contribution in [2.24, 2.45) is 0 Å². The summed E-state index contributed by atoms with van der Waals surface area (Å²) in [7, 11) is 0. The number of ether oxygens (including phenoxy) is 1. The van der Waals surface area contributed by atoms with E-state index in [2.05, 4.69) is 15.5 Å². The average Bonchev–Trinajstić information content (AvgIpc) is 2.76. The molecule has 0 aliphatic heterocycles. The van der Waals surface area contributed by atoms with Crippen molar-refractivity contribution in [2.45, 2.75) is 13.8 Å². The number of benzene rings is 2. The first-order valence-corrected chi connectivity index (χ1v) is 9.37. The van der Waals surface area contributed by atoms with Gasteiger partial charge in [-0.25, -0.2) is 4.79 Å². The Morgan fingerprint density at radius 3 is 2.31 bits per heavy atom. The Morgan fingerprint density at radius 2 is 1.66 bits per heavy atom. The Morgan fingerprint density at radius 1 is 0.931 bits per heavy atom. The van der Waals surface area contributed by atoms with E-state index < -0.39 is 11.9 Å². The van der Waals surface area contributed by atoms with E-state index in [0.29, 0.717) is 18.1 Å². The van der Waals surface area contributed by atoms with E-state index in [0.717, 1.165) is 5.69 Å². The van der Waals surface area contributed by atoms with Gasteiger partial charge in [-0.1, -0.05) is 30.3 Å². The standard InChI is InChI=1S/C22H22N4O3/c1-3-26(16-10-6-5-7-11-16)20-15-14-19(24-25-20)21(27)23-18-13-9-8-12-17(18)22(28)29-4-2/h5-15H,3-4H2,1-2H3,(H,23,27). The van der Waals surface area contributed by atoms with Gasteiger partial charge in [-0.3, -0.25) is 4.79 Å². The third-order valence-electron chi connectivity index (χ3n) is 4.21. The predicted molar refractivity (Wildman–Crippen MR) is 112 cm³/mol. The van der Waals surface area contributed by atoms with Crippen LogP contribution in [-0.2, 0) is 4.74 Å². The second-order valence-electron chi connectivity index (χ2n) is 6.08. The van der Waals surface area contributed by atoms with Crippen LogP contribution in [0, 0.1) is 0 Å². The molecule has 0 aliphatic rings. The molecule has 0 aliphatic carbocycles. The molecule has 0 atom stereocenters. The van der Waals surface area contributed by atoms with Crippen LogP contribution in [0.15, 0.2) is 66.7 Å². The number of carbonyl (C=O) groups excluding carboxylic acids is 2. The van der Waals surface area contributed by atoms with Gasteiger partial charge in [-0.05, 0) is 50.2 Å². The first-order chi connectivity index (χ1) is 14.1. The van der Waals surface area contributed by atoms with Crippen LogP contribution in [0.3, 0.4) is 0 Å². The summed E-state index contributed by atoms with van der Waals surface area (Å²) in [5.74, 6) is -0.308. The SMILES string of the molecule is CCOC(=O)c1ccccc1NC(=O)c1ccc(N(CC)c2ccccc2)nn1. The number of carbonyl (C=O) groups is 2. The number of nitrogens with zero attached hydrogens (tertiary/aromatic N) is 3. The van der Waals surface area contributed by atoms with Gasteiger partial charge in [0.05, 0.1) is 17.9 Å². The summed E-state index contributed by atoms with van der Waals surface area (Å²) in [5, 5.41) is 11.0. The van der Waals surface area contributed by atoms with Crippen molar-refractivity contribution in [1.29, 1.82) is 0 Å². The maximum atomic E-state index is 12.6. The largest absolute Gasteiger partial charge is 0.462 e. The first kappa shape index (κ1) is 20.0. The molecule has 148 valence electrons. The summed E-state index contributed by atoms with van der Waals surface area (Å²) >= 11 is 0. The normalized spacial score (nSPS) is 10.3. The fraction of sp³-hybridized carbons (Fsp3) is 0.182. The van der Waals surface area contributed by atoms with Gasteiger partial charge >= 0.3 is 5.97 Å². The molecule has 0 radical (unpaired) electrons. The highest BCUT2D eigenvalue weighted by atomic mass is 16.5. The minimum absolute atomic E-state index is 0.150. The molecular weight excluding hydrogens is 368 g/mol. The number of nitrogens with one attached hydrogen (secondary N) is 1. The molecule has 0 fully saturated rings. The highest BCUT2D eigenvalue weighted by molar-refractivity contribution is 6.07. The zero-order valence-corrected chi connectivity index (χ0v) is 16.3. The predicted octanol–water partition coefficient (Wildman–Crippen LogP) is 4.06. The fourth-order valence-electron chi connectivity index (χ4n) is 2.84. The minimum Gasteiger partial charge on any atom is -0.462 e. The van der Waals surface area contributed by atoms with Gasteiger partial charge in [0.1, 0.15) is 0 Å². The topological polar surface area (TPSA) is 84.4 Å². The van der Waals surface area contributed by atoms with Crippen LogP contribution in [0.1, 0.15) is 34.7 Å². The summed E-state index contributed by atoms with van der Waals surface area (Å²) in [6.07, 6.45) is 0. The molecule has 7 heteroatoms. The molecule has 1 heterocycles. The van der Waals surface area contributed by atoms with Crippen molar-refractivity contribution in [2.75, 3.05) is 23.4 Å². The van der Waals surface area contributed by atoms with E-state index in [1.165, 1.54) is 0 Å². The van der Waals surface area contributed by atoms with E-state index >= 15 is 0 Å². The lowest BCUT2D eigenvalue weighted by atomic mass is 10.1. The second kappa shape index (κ2) is 9.45. The minimum atomic E-state index is -0.494. The van der Waals surface area contributed by atoms with E-state index in [1.54, 1.807) is 43.3 Å². The lowest BCUT2D eigenvalue weighted by molar-refractivity contribution is 0.0527. The molecule has 3 rings (SSSR count). The number of rotatable bonds is 7. The van der Waals surface area contributed by atoms with Crippen molar-refractivity contribution in [1.82, 2.24) is 10.2 Å². The Balaban J connectivity index is 1.77. The van der Waals surface area contributed by atoms with Crippen molar-refractivity contribution < 1.29 is 14.3 Å². The van der Waals surface area contributed by atoms with Gasteiger partial charge in [-0.15, -0.1) is 10.2 Å². The summed E-state index contributed by atoms with van der Waals surface area (Å²) in [6, 6.07) is 19.8. The molecule has 29 heavy (non-hydrogen) atoms. The van der Waals surface area contributed by atoms with Crippen molar-refractivity contribution in [3.05, 3.63) is 78.0 Å². The summed E-state index contributed by atoms with van der Waals surface area (Å²) in [5.41, 5.74) is 1.79. The molecule has 0 bridgehead atoms. The Kier molecular flexibility index (Phi) is 6.52. The fourth-order valence-corrected chi connectivity index (χ4v) is 2.84. The number of aromatic nitrogens is 2. The third-order valence-corrected chi connectivity index (χ3v) is 4.21. The van der Waals surface area contributed by atoms with E-state index in [1.807, 2.05) is 42.2 Å². The maximum Gasteiger partial charge on any atom is 0.340 e. The lowest BCUT2D eigenvalue weighted by Gasteiger charge is -2.21. The number of esters is 1. The molecule has 0 unspecified atom stereocenters. The lowest BCUT2D eigenvalue weighted by Crippen LogP contribution is -2.20. The van der Waals surface area contributed by atoms with Crippen LogP contribution in [-0.4, -0.2) is 35.2 Å². The number of hydrogen-bond donors (Lipinski definition) is 1. The van der Waals surface area contributed by atoms with Crippen LogP contribution in [0.25, 0.3) is 0 Å². The summed E-state index contributed by atoms with van der Waals surface area (Å²) < 4.78 is 5.03. The average molecular weight is 390 g/mol. The smallest absolute Gasteiger partial charge is 0.340 e. The van der Waals surface area contributed by atoms with Crippen LogP contribution >= 0.6 is 0 Å². The van der Waals surface area contributed by atoms with Crippen LogP contribution < -0.4 is 10.2 Å². The summed E-state index contributed by atoms with van der Waals surface area (Å²) in [4.78, 5) is 26.6. The van der Waals surface area contributed by atoms with Gasteiger partial charge in [-0.2, -0.15) is 0 Å². The van der Waals surface area contributed by atoms with Crippen LogP contribution in [0.5, 0.6) is 0 Å². The quantitative estimate of drug-likeness (QED) is 0.613. The highest BCUT2D eigenvalue weighted by Crippen LogP contribution is 2.22. The maximum absolute atomic E-state index is 12.6. The zero-order chi connectivity index (χ0) is 20.6. The van der Waals surface area contributed by atoms with Gasteiger partial charge in [0, 0.05) is 12.2 Å². The van der Waals surface area contributed by atoms with E-state index in [4.69, 9.17) is 4.74 Å². The molecule has 1 aromatic heterocycles. The molecule has 0 spiro atoms. The van der Waals surface area contributed by atoms with Crippen molar-refractivity contribution in [3.8, 4) is 0 Å². The van der Waals surface area contributed by atoms with Crippen molar-refractivity contribution in [3.63, 3.8) is 0 Å². The zero-order valence-electron chi connectivity index (χ0n) is 16.3. The highest BCUT2D eigenvalue weighted by Gasteiger charge is 2.16. The number of hydrogen-bond acceptors (Lipinski definition) is 6. The Hall–Kier alpha value is -3.74. The number of amides is 1. The Labute approximate surface area is 169 Å². The molecule has 7 nitrogen and oxygen atoms in total. The van der Waals surface area contributed by atoms with E-state index in [9.17, 15) is 9.59 Å². The Bertz CT molecular complexity index is 975. The van der Waals surface area contributed by atoms with Gasteiger partial charge in [0.25, 0.3) is 5.91 Å². The van der Waals surface area contributed by atoms with Crippen LogP contribution in [0.2, 0.25) is 0 Å². The molecule has 3 aromatic rings. The van der Waals surface area contributed by atoms with E-state index in [-0.39, 0.29) is 17.9 Å². The molecule has 1 amide bonds. The van der Waals surface area contributed by atoms with Gasteiger partial charge < -0.3 is 15.0 Å². The monoisotopic (exact) mass is 390 g/mol. The number of anilines is 3. The second-order valence-corrected chi connectivity index (χ2v) is 6.08. The van der Waals surface area contributed by atoms with Gasteiger partial charge in [0.2, 0.25) is 0 Å². The molecule has 2 aromatic carbocycles. The molecule has 0 saturated heterocycles.